The molecule has 1 saturated heterocycles. The molecule has 0 bridgehead atoms. The third-order valence-corrected chi connectivity index (χ3v) is 5.88. The quantitative estimate of drug-likeness (QED) is 0.179. The second kappa shape index (κ2) is 11.3. The number of aromatic hydroxyl groups is 2. The molecule has 184 valence electrons. The minimum Gasteiger partial charge on any atom is -0.508 e. The third kappa shape index (κ3) is 6.02. The van der Waals surface area contributed by atoms with E-state index in [0.717, 1.165) is 0 Å². The maximum absolute atomic E-state index is 14.8. The highest BCUT2D eigenvalue weighted by atomic mass is 19.1. The molecule has 0 unspecified atom stereocenters. The van der Waals surface area contributed by atoms with E-state index < -0.39 is 5.82 Å². The van der Waals surface area contributed by atoms with Crippen molar-refractivity contribution in [1.29, 1.82) is 0 Å². The number of piperazine rings is 1. The average Bonchev–Trinajstić information content (AvgIpc) is 2.80. The molecule has 0 radical (unpaired) electrons. The van der Waals surface area contributed by atoms with Gasteiger partial charge < -0.3 is 25.6 Å². The number of nitrogens with zero attached hydrogens (tertiary/aromatic N) is 3. The van der Waals surface area contributed by atoms with Crippen LogP contribution < -0.4 is 11.3 Å². The number of aliphatic imine (C=N–C) groups is 1. The second-order valence-electron chi connectivity index (χ2n) is 8.59. The fourth-order valence-corrected chi connectivity index (χ4v) is 3.93. The van der Waals surface area contributed by atoms with Gasteiger partial charge in [0.05, 0.1) is 17.9 Å². The van der Waals surface area contributed by atoms with Crippen LogP contribution in [0.25, 0.3) is 0 Å². The van der Waals surface area contributed by atoms with Gasteiger partial charge in [-0.2, -0.15) is 0 Å². The molecule has 0 saturated carbocycles. The second-order valence-corrected chi connectivity index (χ2v) is 8.59. The van der Waals surface area contributed by atoms with Crippen LogP contribution in [0.5, 0.6) is 11.5 Å². The summed E-state index contributed by atoms with van der Waals surface area (Å²) >= 11 is 0. The lowest BCUT2D eigenvalue weighted by molar-refractivity contribution is -0.133. The molecule has 1 fully saturated rings. The van der Waals surface area contributed by atoms with Gasteiger partial charge in [-0.05, 0) is 29.7 Å². The maximum Gasteiger partial charge on any atom is 0.224 e. The lowest BCUT2D eigenvalue weighted by atomic mass is 9.98. The highest BCUT2D eigenvalue weighted by Gasteiger charge is 2.21. The van der Waals surface area contributed by atoms with Gasteiger partial charge in [0.15, 0.2) is 5.84 Å². The molecule has 3 rings (SSSR count). The molecular formula is C24H32FN5O4. The summed E-state index contributed by atoms with van der Waals surface area (Å²) < 4.78 is 14.8. The fourth-order valence-electron chi connectivity index (χ4n) is 3.93. The number of hydrazine groups is 1. The summed E-state index contributed by atoms with van der Waals surface area (Å²) in [7, 11) is 0. The molecule has 1 aliphatic rings. The number of aliphatic hydroxyl groups is 1. The average molecular weight is 474 g/mol. The molecule has 9 nitrogen and oxygen atoms in total. The van der Waals surface area contributed by atoms with Crippen molar-refractivity contribution in [3.8, 4) is 11.5 Å². The van der Waals surface area contributed by atoms with E-state index in [-0.39, 0.29) is 42.2 Å². The number of amidine groups is 1. The number of amides is 1. The first-order chi connectivity index (χ1) is 16.2. The number of hydrogen-bond acceptors (Lipinski definition) is 7. The maximum atomic E-state index is 14.8. The van der Waals surface area contributed by atoms with E-state index in [1.807, 2.05) is 13.8 Å². The zero-order valence-corrected chi connectivity index (χ0v) is 19.5. The van der Waals surface area contributed by atoms with Gasteiger partial charge in [-0.25, -0.2) is 15.2 Å². The van der Waals surface area contributed by atoms with E-state index >= 15 is 0 Å². The molecule has 0 atom stereocenters. The van der Waals surface area contributed by atoms with Crippen LogP contribution in [0.4, 0.5) is 10.1 Å². The van der Waals surface area contributed by atoms with Crippen LogP contribution in [0.1, 0.15) is 42.9 Å². The predicted molar refractivity (Wildman–Crippen MR) is 127 cm³/mol. The van der Waals surface area contributed by atoms with Crippen molar-refractivity contribution in [3.05, 3.63) is 52.8 Å². The van der Waals surface area contributed by atoms with E-state index in [4.69, 9.17) is 10.9 Å². The van der Waals surface area contributed by atoms with Crippen LogP contribution in [0.15, 0.2) is 35.3 Å². The smallest absolute Gasteiger partial charge is 0.224 e. The fraction of sp³-hybridized carbons (Fsp3) is 0.417. The Morgan fingerprint density at radius 3 is 2.44 bits per heavy atom. The van der Waals surface area contributed by atoms with Gasteiger partial charge in [-0.15, -0.1) is 0 Å². The first-order valence-corrected chi connectivity index (χ1v) is 11.2. The third-order valence-electron chi connectivity index (χ3n) is 5.88. The number of nitrogens with one attached hydrogen (secondary N) is 1. The van der Waals surface area contributed by atoms with Gasteiger partial charge in [0.25, 0.3) is 0 Å². The molecule has 34 heavy (non-hydrogen) atoms. The number of nitrogens with two attached hydrogens (primary N) is 1. The summed E-state index contributed by atoms with van der Waals surface area (Å²) in [5, 5.41) is 29.3. The Bertz CT molecular complexity index is 1050. The molecule has 0 aromatic heterocycles. The zero-order valence-electron chi connectivity index (χ0n) is 19.5. The SMILES string of the molecule is CC(C)c1cc(C(=Nc2ccc(CN3CCN(C(=O)CCO)CC3)c(F)c2)NN)c(O)cc1O. The molecule has 2 aromatic rings. The van der Waals surface area contributed by atoms with Crippen molar-refractivity contribution < 1.29 is 24.5 Å². The van der Waals surface area contributed by atoms with E-state index in [1.165, 1.54) is 12.1 Å². The Morgan fingerprint density at radius 1 is 1.15 bits per heavy atom. The normalized spacial score (nSPS) is 15.1. The largest absolute Gasteiger partial charge is 0.508 e. The molecule has 0 spiro atoms. The number of phenolic OH excluding ortho intramolecular Hbond substituents is 2. The molecule has 2 aromatic carbocycles. The van der Waals surface area contributed by atoms with Gasteiger partial charge in [0.1, 0.15) is 17.3 Å². The Kier molecular flexibility index (Phi) is 8.43. The highest BCUT2D eigenvalue weighted by molar-refractivity contribution is 6.02. The lowest BCUT2D eigenvalue weighted by Crippen LogP contribution is -2.48. The number of carbonyl (C=O) groups excluding carboxylic acids is 1. The van der Waals surface area contributed by atoms with Crippen molar-refractivity contribution in [3.63, 3.8) is 0 Å². The first-order valence-electron chi connectivity index (χ1n) is 11.2. The predicted octanol–water partition coefficient (Wildman–Crippen LogP) is 1.93. The van der Waals surface area contributed by atoms with E-state index in [1.54, 1.807) is 23.1 Å². The molecule has 1 amide bonds. The summed E-state index contributed by atoms with van der Waals surface area (Å²) in [4.78, 5) is 20.0. The minimum absolute atomic E-state index is 0.00441. The topological polar surface area (TPSA) is 135 Å². The summed E-state index contributed by atoms with van der Waals surface area (Å²) in [6.07, 6.45) is 0.122. The van der Waals surface area contributed by atoms with Crippen molar-refractivity contribution in [1.82, 2.24) is 15.2 Å². The molecule has 1 heterocycles. The molecular weight excluding hydrogens is 441 g/mol. The molecule has 1 aliphatic heterocycles. The number of rotatable bonds is 7. The number of halogens is 1. The van der Waals surface area contributed by atoms with Crippen LogP contribution in [0.2, 0.25) is 0 Å². The highest BCUT2D eigenvalue weighted by Crippen LogP contribution is 2.33. The summed E-state index contributed by atoms with van der Waals surface area (Å²) in [6.45, 7) is 6.38. The van der Waals surface area contributed by atoms with Crippen LogP contribution in [0, 0.1) is 5.82 Å². The van der Waals surface area contributed by atoms with Crippen LogP contribution >= 0.6 is 0 Å². The van der Waals surface area contributed by atoms with Crippen LogP contribution in [0.3, 0.4) is 0 Å². The van der Waals surface area contributed by atoms with Crippen LogP contribution in [-0.2, 0) is 11.3 Å². The summed E-state index contributed by atoms with van der Waals surface area (Å²) in [5.74, 6) is 5.05. The number of phenols is 2. The Balaban J connectivity index is 1.73. The van der Waals surface area contributed by atoms with Gasteiger partial charge in [-0.1, -0.05) is 19.9 Å². The summed E-state index contributed by atoms with van der Waals surface area (Å²) in [5.41, 5.74) is 4.18. The van der Waals surface area contributed by atoms with Crippen molar-refractivity contribution in [2.75, 3.05) is 32.8 Å². The monoisotopic (exact) mass is 473 g/mol. The standard InChI is InChI=1S/C24H32FN5O4/c1-15(2)18-12-19(22(33)13-21(18)32)24(28-26)27-17-4-3-16(20(25)11-17)14-29-6-8-30(9-7-29)23(34)5-10-31/h3-4,11-13,15,31-33H,5-10,14,26H2,1-2H3,(H,27,28). The van der Waals surface area contributed by atoms with Crippen molar-refractivity contribution >= 4 is 17.4 Å². The van der Waals surface area contributed by atoms with Crippen LogP contribution in [-0.4, -0.2) is 69.6 Å². The lowest BCUT2D eigenvalue weighted by Gasteiger charge is -2.34. The summed E-state index contributed by atoms with van der Waals surface area (Å²) in [6, 6.07) is 7.45. The van der Waals surface area contributed by atoms with E-state index in [9.17, 15) is 19.4 Å². The Hall–Kier alpha value is -3.21. The van der Waals surface area contributed by atoms with Gasteiger partial charge in [0, 0.05) is 50.8 Å². The first kappa shape index (κ1) is 25.4. The van der Waals surface area contributed by atoms with Gasteiger partial charge in [0.2, 0.25) is 5.91 Å². The van der Waals surface area contributed by atoms with E-state index in [2.05, 4.69) is 15.3 Å². The zero-order chi connectivity index (χ0) is 24.8. The number of aliphatic hydroxyl groups excluding tert-OH is 1. The number of hydrogen-bond donors (Lipinski definition) is 5. The molecule has 0 aliphatic carbocycles. The van der Waals surface area contributed by atoms with Gasteiger partial charge in [-0.3, -0.25) is 9.69 Å². The minimum atomic E-state index is -0.422. The van der Waals surface area contributed by atoms with Gasteiger partial charge >= 0.3 is 0 Å². The number of carbonyl (C=O) groups is 1. The molecule has 6 N–H and O–H groups in total. The van der Waals surface area contributed by atoms with E-state index in [0.29, 0.717) is 55.1 Å². The van der Waals surface area contributed by atoms with Crippen molar-refractivity contribution in [2.24, 2.45) is 10.8 Å². The Labute approximate surface area is 198 Å². The number of benzene rings is 2. The Morgan fingerprint density at radius 2 is 1.85 bits per heavy atom. The van der Waals surface area contributed by atoms with Crippen molar-refractivity contribution in [2.45, 2.75) is 32.7 Å². The molecule has 10 heteroatoms.